The molecule has 0 spiro atoms. The first-order valence-corrected chi connectivity index (χ1v) is 8.12. The van der Waals surface area contributed by atoms with Gasteiger partial charge in [-0.05, 0) is 22.8 Å². The largest absolute Gasteiger partial charge is 0.360 e. The SMILES string of the molecule is C1=C(c2ccccc2)NC(c2ccccc2)N=C1c1ccccc1. The van der Waals surface area contributed by atoms with Gasteiger partial charge in [-0.15, -0.1) is 0 Å². The second-order valence-corrected chi connectivity index (χ2v) is 5.76. The molecule has 1 aliphatic rings. The van der Waals surface area contributed by atoms with Gasteiger partial charge in [0.15, 0.2) is 0 Å². The number of hydrogen-bond donors (Lipinski definition) is 1. The highest BCUT2D eigenvalue weighted by molar-refractivity contribution is 6.13. The summed E-state index contributed by atoms with van der Waals surface area (Å²) in [7, 11) is 0. The van der Waals surface area contributed by atoms with E-state index in [2.05, 4.69) is 72.1 Å². The molecule has 0 saturated carbocycles. The fourth-order valence-electron chi connectivity index (χ4n) is 2.88. The fraction of sp³-hybridized carbons (Fsp3) is 0.0455. The number of aliphatic imine (C=N–C) groups is 1. The summed E-state index contributed by atoms with van der Waals surface area (Å²) in [5.74, 6) is 0. The summed E-state index contributed by atoms with van der Waals surface area (Å²) in [6.07, 6.45) is 2.05. The Kier molecular flexibility index (Phi) is 3.95. The Balaban J connectivity index is 1.79. The lowest BCUT2D eigenvalue weighted by atomic mass is 10.0. The van der Waals surface area contributed by atoms with E-state index < -0.39 is 0 Å². The van der Waals surface area contributed by atoms with Crippen LogP contribution in [0.1, 0.15) is 22.9 Å². The van der Waals surface area contributed by atoms with Gasteiger partial charge < -0.3 is 5.32 Å². The molecule has 1 unspecified atom stereocenters. The zero-order valence-corrected chi connectivity index (χ0v) is 13.3. The number of nitrogens with zero attached hydrogens (tertiary/aromatic N) is 1. The molecule has 0 aliphatic carbocycles. The molecule has 3 aromatic carbocycles. The normalized spacial score (nSPS) is 16.8. The Morgan fingerprint density at radius 1 is 0.625 bits per heavy atom. The molecule has 0 radical (unpaired) electrons. The summed E-state index contributed by atoms with van der Waals surface area (Å²) in [4.78, 5) is 4.93. The minimum Gasteiger partial charge on any atom is -0.360 e. The Bertz CT molecular complexity index is 866. The van der Waals surface area contributed by atoms with Crippen LogP contribution >= 0.6 is 0 Å². The van der Waals surface area contributed by atoms with Crippen molar-refractivity contribution in [2.45, 2.75) is 6.17 Å². The Hall–Kier alpha value is -3.13. The van der Waals surface area contributed by atoms with Crippen molar-refractivity contribution >= 4 is 11.4 Å². The molecular weight excluding hydrogens is 292 g/mol. The minimum absolute atomic E-state index is 0.0818. The molecule has 0 amide bonds. The second kappa shape index (κ2) is 6.55. The third-order valence-corrected chi connectivity index (χ3v) is 4.11. The lowest BCUT2D eigenvalue weighted by Gasteiger charge is -2.24. The molecule has 0 bridgehead atoms. The van der Waals surface area contributed by atoms with E-state index in [1.807, 2.05) is 30.3 Å². The van der Waals surface area contributed by atoms with E-state index >= 15 is 0 Å². The fourth-order valence-corrected chi connectivity index (χ4v) is 2.88. The smallest absolute Gasteiger partial charge is 0.145 e. The highest BCUT2D eigenvalue weighted by Crippen LogP contribution is 2.26. The maximum atomic E-state index is 4.93. The third-order valence-electron chi connectivity index (χ3n) is 4.11. The van der Waals surface area contributed by atoms with Gasteiger partial charge in [-0.2, -0.15) is 0 Å². The summed E-state index contributed by atoms with van der Waals surface area (Å²) >= 11 is 0. The molecule has 2 heteroatoms. The molecule has 0 aromatic heterocycles. The zero-order valence-electron chi connectivity index (χ0n) is 13.3. The third kappa shape index (κ3) is 2.99. The van der Waals surface area contributed by atoms with Crippen LogP contribution in [0, 0.1) is 0 Å². The standard InChI is InChI=1S/C22H18N2/c1-4-10-17(11-5-1)20-16-21(18-12-6-2-7-13-18)24-22(23-20)19-14-8-3-9-15-19/h1-16,22-23H. The molecule has 0 fully saturated rings. The highest BCUT2D eigenvalue weighted by atomic mass is 15.1. The number of allylic oxidation sites excluding steroid dienone is 1. The van der Waals surface area contributed by atoms with Crippen LogP contribution in [-0.4, -0.2) is 5.71 Å². The summed E-state index contributed by atoms with van der Waals surface area (Å²) < 4.78 is 0. The van der Waals surface area contributed by atoms with E-state index in [-0.39, 0.29) is 6.17 Å². The van der Waals surface area contributed by atoms with E-state index in [9.17, 15) is 0 Å². The summed E-state index contributed by atoms with van der Waals surface area (Å²) in [5, 5.41) is 3.56. The molecule has 3 aromatic rings. The van der Waals surface area contributed by atoms with Gasteiger partial charge in [0.2, 0.25) is 0 Å². The van der Waals surface area contributed by atoms with Crippen molar-refractivity contribution in [2.75, 3.05) is 0 Å². The van der Waals surface area contributed by atoms with Gasteiger partial charge in [-0.1, -0.05) is 91.0 Å². The van der Waals surface area contributed by atoms with Crippen LogP contribution < -0.4 is 5.32 Å². The molecule has 0 saturated heterocycles. The van der Waals surface area contributed by atoms with Crippen molar-refractivity contribution in [1.29, 1.82) is 0 Å². The van der Waals surface area contributed by atoms with Gasteiger partial charge in [0, 0.05) is 5.70 Å². The first kappa shape index (κ1) is 14.5. The summed E-state index contributed by atoms with van der Waals surface area (Å²) in [6, 6.07) is 31.1. The maximum absolute atomic E-state index is 4.93. The first-order chi connectivity index (χ1) is 11.9. The second-order valence-electron chi connectivity index (χ2n) is 5.76. The van der Waals surface area contributed by atoms with Crippen LogP contribution in [0.4, 0.5) is 0 Å². The van der Waals surface area contributed by atoms with Crippen molar-refractivity contribution in [3.05, 3.63) is 114 Å². The van der Waals surface area contributed by atoms with Crippen LogP contribution in [0.25, 0.3) is 5.70 Å². The molecule has 1 atom stereocenters. The number of nitrogens with one attached hydrogen (secondary N) is 1. The van der Waals surface area contributed by atoms with Crippen LogP contribution in [-0.2, 0) is 0 Å². The van der Waals surface area contributed by atoms with E-state index in [4.69, 9.17) is 4.99 Å². The first-order valence-electron chi connectivity index (χ1n) is 8.12. The number of rotatable bonds is 3. The maximum Gasteiger partial charge on any atom is 0.145 e. The molecule has 24 heavy (non-hydrogen) atoms. The van der Waals surface area contributed by atoms with Gasteiger partial charge in [0.05, 0.1) is 5.71 Å². The summed E-state index contributed by atoms with van der Waals surface area (Å²) in [5.41, 5.74) is 5.56. The van der Waals surface area contributed by atoms with E-state index in [1.165, 1.54) is 5.56 Å². The quantitative estimate of drug-likeness (QED) is 0.737. The lowest BCUT2D eigenvalue weighted by molar-refractivity contribution is 0.664. The number of benzene rings is 3. The predicted octanol–water partition coefficient (Wildman–Crippen LogP) is 4.82. The molecule has 116 valence electrons. The average Bonchev–Trinajstić information content (AvgIpc) is 2.70. The van der Waals surface area contributed by atoms with Crippen LogP contribution in [0.2, 0.25) is 0 Å². The van der Waals surface area contributed by atoms with Crippen LogP contribution in [0.5, 0.6) is 0 Å². The van der Waals surface area contributed by atoms with Crippen molar-refractivity contribution in [3.8, 4) is 0 Å². The zero-order chi connectivity index (χ0) is 16.2. The van der Waals surface area contributed by atoms with Crippen LogP contribution in [0.15, 0.2) is 102 Å². The van der Waals surface area contributed by atoms with Gasteiger partial charge in [0.25, 0.3) is 0 Å². The monoisotopic (exact) mass is 310 g/mol. The van der Waals surface area contributed by atoms with Crippen molar-refractivity contribution in [3.63, 3.8) is 0 Å². The molecule has 4 rings (SSSR count). The Labute approximate surface area is 142 Å². The summed E-state index contributed by atoms with van der Waals surface area (Å²) in [6.45, 7) is 0. The van der Waals surface area contributed by atoms with Gasteiger partial charge in [0.1, 0.15) is 6.17 Å². The van der Waals surface area contributed by atoms with E-state index in [1.54, 1.807) is 0 Å². The van der Waals surface area contributed by atoms with Crippen molar-refractivity contribution < 1.29 is 0 Å². The average molecular weight is 310 g/mol. The van der Waals surface area contributed by atoms with Crippen LogP contribution in [0.3, 0.4) is 0 Å². The highest BCUT2D eigenvalue weighted by Gasteiger charge is 2.18. The van der Waals surface area contributed by atoms with Gasteiger partial charge in [-0.3, -0.25) is 4.99 Å². The molecule has 2 nitrogen and oxygen atoms in total. The van der Waals surface area contributed by atoms with Gasteiger partial charge in [-0.25, -0.2) is 0 Å². The number of hydrogen-bond acceptors (Lipinski definition) is 2. The molecular formula is C22H18N2. The van der Waals surface area contributed by atoms with E-state index in [0.29, 0.717) is 0 Å². The molecule has 1 heterocycles. The molecule has 1 N–H and O–H groups in total. The lowest BCUT2D eigenvalue weighted by Crippen LogP contribution is -2.24. The van der Waals surface area contributed by atoms with Crippen molar-refractivity contribution in [1.82, 2.24) is 5.32 Å². The minimum atomic E-state index is -0.0818. The van der Waals surface area contributed by atoms with E-state index in [0.717, 1.165) is 22.5 Å². The topological polar surface area (TPSA) is 24.4 Å². The predicted molar refractivity (Wildman–Crippen MR) is 99.7 cm³/mol. The Morgan fingerprint density at radius 3 is 1.79 bits per heavy atom. The van der Waals surface area contributed by atoms with Crippen molar-refractivity contribution in [2.24, 2.45) is 4.99 Å². The molecule has 1 aliphatic heterocycles. The Morgan fingerprint density at radius 2 is 1.17 bits per heavy atom. The van der Waals surface area contributed by atoms with Gasteiger partial charge >= 0.3 is 0 Å².